The Bertz CT molecular complexity index is 507. The Morgan fingerprint density at radius 3 is 2.69 bits per heavy atom. The number of aromatic nitrogens is 2. The second kappa shape index (κ2) is 4.80. The molecular weight excluding hydrogens is 338 g/mol. The standard InChI is InChI=1S/C10H7Br2N3O/c11-6-1-2-9(14-4-6)15-10(16)8-3-7(12)5-13-8/h1-5,13H,(H,14,15,16). The fourth-order valence-electron chi connectivity index (χ4n) is 1.13. The molecule has 1 amide bonds. The molecule has 2 N–H and O–H groups in total. The monoisotopic (exact) mass is 343 g/mol. The van der Waals surface area contributed by atoms with Crippen LogP contribution in [0.4, 0.5) is 5.82 Å². The highest BCUT2D eigenvalue weighted by molar-refractivity contribution is 9.10. The Balaban J connectivity index is 2.10. The van der Waals surface area contributed by atoms with Crippen LogP contribution >= 0.6 is 31.9 Å². The topological polar surface area (TPSA) is 57.8 Å². The second-order valence-electron chi connectivity index (χ2n) is 3.05. The summed E-state index contributed by atoms with van der Waals surface area (Å²) in [5, 5.41) is 2.68. The summed E-state index contributed by atoms with van der Waals surface area (Å²) in [5.74, 6) is 0.291. The van der Waals surface area contributed by atoms with E-state index in [0.29, 0.717) is 11.5 Å². The number of aromatic amines is 1. The van der Waals surface area contributed by atoms with Gasteiger partial charge in [-0.2, -0.15) is 0 Å². The van der Waals surface area contributed by atoms with E-state index in [-0.39, 0.29) is 5.91 Å². The van der Waals surface area contributed by atoms with Gasteiger partial charge in [-0.05, 0) is 50.1 Å². The summed E-state index contributed by atoms with van der Waals surface area (Å²) in [6.07, 6.45) is 3.32. The maximum atomic E-state index is 11.7. The highest BCUT2D eigenvalue weighted by atomic mass is 79.9. The number of pyridine rings is 1. The van der Waals surface area contributed by atoms with Crippen molar-refractivity contribution in [2.75, 3.05) is 5.32 Å². The predicted octanol–water partition coefficient (Wildman–Crippen LogP) is 3.19. The highest BCUT2D eigenvalue weighted by Gasteiger charge is 2.08. The Morgan fingerprint density at radius 1 is 1.31 bits per heavy atom. The van der Waals surface area contributed by atoms with Crippen molar-refractivity contribution in [2.24, 2.45) is 0 Å². The van der Waals surface area contributed by atoms with E-state index >= 15 is 0 Å². The molecule has 6 heteroatoms. The fourth-order valence-corrected chi connectivity index (χ4v) is 1.71. The minimum absolute atomic E-state index is 0.222. The molecule has 2 heterocycles. The van der Waals surface area contributed by atoms with Crippen LogP contribution in [0.15, 0.2) is 39.5 Å². The van der Waals surface area contributed by atoms with E-state index in [9.17, 15) is 4.79 Å². The number of hydrogen-bond donors (Lipinski definition) is 2. The van der Waals surface area contributed by atoms with Crippen LogP contribution in [0.1, 0.15) is 10.5 Å². The first-order valence-electron chi connectivity index (χ1n) is 4.42. The molecule has 0 spiro atoms. The number of rotatable bonds is 2. The van der Waals surface area contributed by atoms with Crippen molar-refractivity contribution in [1.82, 2.24) is 9.97 Å². The van der Waals surface area contributed by atoms with Gasteiger partial charge in [0.25, 0.3) is 5.91 Å². The van der Waals surface area contributed by atoms with Gasteiger partial charge in [0.15, 0.2) is 0 Å². The van der Waals surface area contributed by atoms with Crippen molar-refractivity contribution < 1.29 is 4.79 Å². The van der Waals surface area contributed by atoms with E-state index in [1.54, 1.807) is 24.5 Å². The van der Waals surface area contributed by atoms with E-state index in [4.69, 9.17) is 0 Å². The van der Waals surface area contributed by atoms with Crippen LogP contribution in [0.5, 0.6) is 0 Å². The van der Waals surface area contributed by atoms with Crippen molar-refractivity contribution in [1.29, 1.82) is 0 Å². The zero-order valence-corrected chi connectivity index (χ0v) is 11.2. The van der Waals surface area contributed by atoms with Gasteiger partial charge in [-0.25, -0.2) is 4.98 Å². The Hall–Kier alpha value is -1.14. The predicted molar refractivity (Wildman–Crippen MR) is 68.4 cm³/mol. The van der Waals surface area contributed by atoms with E-state index in [0.717, 1.165) is 8.95 Å². The number of H-pyrrole nitrogens is 1. The lowest BCUT2D eigenvalue weighted by Gasteiger charge is -2.02. The third-order valence-corrected chi connectivity index (χ3v) is 2.79. The average Bonchev–Trinajstić information content (AvgIpc) is 2.68. The Labute approximate surface area is 109 Å². The van der Waals surface area contributed by atoms with Crippen LogP contribution in [0.25, 0.3) is 0 Å². The molecule has 4 nitrogen and oxygen atoms in total. The molecule has 0 radical (unpaired) electrons. The number of halogens is 2. The van der Waals surface area contributed by atoms with Gasteiger partial charge in [0.2, 0.25) is 0 Å². The highest BCUT2D eigenvalue weighted by Crippen LogP contribution is 2.13. The summed E-state index contributed by atoms with van der Waals surface area (Å²) in [6.45, 7) is 0. The lowest BCUT2D eigenvalue weighted by Crippen LogP contribution is -2.12. The summed E-state index contributed by atoms with van der Waals surface area (Å²) >= 11 is 6.53. The van der Waals surface area contributed by atoms with Crippen LogP contribution in [-0.2, 0) is 0 Å². The quantitative estimate of drug-likeness (QED) is 0.879. The molecule has 0 aromatic carbocycles. The van der Waals surface area contributed by atoms with Gasteiger partial charge in [-0.15, -0.1) is 0 Å². The molecule has 16 heavy (non-hydrogen) atoms. The third kappa shape index (κ3) is 2.70. The first kappa shape index (κ1) is 11.3. The molecule has 0 saturated carbocycles. The van der Waals surface area contributed by atoms with Crippen molar-refractivity contribution in [3.63, 3.8) is 0 Å². The molecule has 0 aliphatic heterocycles. The summed E-state index contributed by atoms with van der Waals surface area (Å²) in [7, 11) is 0. The largest absolute Gasteiger partial charge is 0.356 e. The van der Waals surface area contributed by atoms with Crippen LogP contribution < -0.4 is 5.32 Å². The minimum Gasteiger partial charge on any atom is -0.356 e. The number of carbonyl (C=O) groups excluding carboxylic acids is 1. The van der Waals surface area contributed by atoms with Gasteiger partial charge in [0.05, 0.1) is 0 Å². The number of nitrogens with zero attached hydrogens (tertiary/aromatic N) is 1. The van der Waals surface area contributed by atoms with Crippen molar-refractivity contribution in [3.05, 3.63) is 45.2 Å². The lowest BCUT2D eigenvalue weighted by atomic mass is 10.4. The molecule has 0 bridgehead atoms. The third-order valence-electron chi connectivity index (χ3n) is 1.86. The molecule has 0 aliphatic rings. The first-order valence-corrected chi connectivity index (χ1v) is 6.00. The SMILES string of the molecule is O=C(Nc1ccc(Br)cn1)c1cc(Br)c[nH]1. The van der Waals surface area contributed by atoms with Crippen molar-refractivity contribution in [2.45, 2.75) is 0 Å². The molecule has 0 unspecified atom stereocenters. The van der Waals surface area contributed by atoms with E-state index < -0.39 is 0 Å². The van der Waals surface area contributed by atoms with Crippen LogP contribution in [-0.4, -0.2) is 15.9 Å². The van der Waals surface area contributed by atoms with Crippen LogP contribution in [0, 0.1) is 0 Å². The molecule has 2 aromatic heterocycles. The smallest absolute Gasteiger partial charge is 0.273 e. The number of nitrogens with one attached hydrogen (secondary N) is 2. The zero-order chi connectivity index (χ0) is 11.5. The average molecular weight is 345 g/mol. The van der Waals surface area contributed by atoms with Gasteiger partial charge in [0.1, 0.15) is 11.5 Å². The van der Waals surface area contributed by atoms with Crippen LogP contribution in [0.3, 0.4) is 0 Å². The van der Waals surface area contributed by atoms with E-state index in [1.165, 1.54) is 0 Å². The molecule has 2 rings (SSSR count). The molecular formula is C10H7Br2N3O. The first-order chi connectivity index (χ1) is 7.65. The van der Waals surface area contributed by atoms with Crippen molar-refractivity contribution in [3.8, 4) is 0 Å². The minimum atomic E-state index is -0.222. The fraction of sp³-hybridized carbons (Fsp3) is 0. The number of carbonyl (C=O) groups is 1. The molecule has 82 valence electrons. The number of anilines is 1. The molecule has 2 aromatic rings. The maximum Gasteiger partial charge on any atom is 0.273 e. The summed E-state index contributed by atoms with van der Waals surface area (Å²) in [5.41, 5.74) is 0.483. The van der Waals surface area contributed by atoms with Gasteiger partial charge in [-0.1, -0.05) is 0 Å². The summed E-state index contributed by atoms with van der Waals surface area (Å²) in [6, 6.07) is 5.24. The molecule has 0 aliphatic carbocycles. The van der Waals surface area contributed by atoms with Gasteiger partial charge in [-0.3, -0.25) is 4.79 Å². The second-order valence-corrected chi connectivity index (χ2v) is 4.88. The molecule has 0 saturated heterocycles. The van der Waals surface area contributed by atoms with E-state index in [2.05, 4.69) is 47.1 Å². The molecule has 0 atom stereocenters. The lowest BCUT2D eigenvalue weighted by molar-refractivity contribution is 0.102. The van der Waals surface area contributed by atoms with Gasteiger partial charge in [0, 0.05) is 21.3 Å². The number of hydrogen-bond acceptors (Lipinski definition) is 2. The zero-order valence-electron chi connectivity index (χ0n) is 8.00. The van der Waals surface area contributed by atoms with Crippen LogP contribution in [0.2, 0.25) is 0 Å². The Kier molecular flexibility index (Phi) is 3.40. The van der Waals surface area contributed by atoms with E-state index in [1.807, 2.05) is 6.07 Å². The maximum absolute atomic E-state index is 11.7. The Morgan fingerprint density at radius 2 is 2.12 bits per heavy atom. The van der Waals surface area contributed by atoms with Gasteiger partial charge < -0.3 is 10.3 Å². The summed E-state index contributed by atoms with van der Waals surface area (Å²) in [4.78, 5) is 18.6. The summed E-state index contributed by atoms with van der Waals surface area (Å²) < 4.78 is 1.70. The normalized spacial score (nSPS) is 10.1. The number of amides is 1. The van der Waals surface area contributed by atoms with Crippen molar-refractivity contribution >= 4 is 43.6 Å². The molecule has 0 fully saturated rings. The van der Waals surface area contributed by atoms with Gasteiger partial charge >= 0.3 is 0 Å².